The van der Waals surface area contributed by atoms with Gasteiger partial charge in [-0.25, -0.2) is 8.78 Å². The standard InChI is InChI=1S/C16H15F2NO2/c1-10(20)12-4-2-3-5-15(12)19-16(21)9-11-6-7-13(17)14(18)8-11/h2-8,10,20H,9H2,1H3,(H,19,21). The predicted molar refractivity (Wildman–Crippen MR) is 75.8 cm³/mol. The molecule has 1 unspecified atom stereocenters. The highest BCUT2D eigenvalue weighted by Gasteiger charge is 2.11. The van der Waals surface area contributed by atoms with Gasteiger partial charge in [0.1, 0.15) is 0 Å². The SMILES string of the molecule is CC(O)c1ccccc1NC(=O)Cc1ccc(F)c(F)c1. The Labute approximate surface area is 121 Å². The van der Waals surface area contributed by atoms with E-state index in [1.165, 1.54) is 6.07 Å². The number of carbonyl (C=O) groups excluding carboxylic acids is 1. The highest BCUT2D eigenvalue weighted by Crippen LogP contribution is 2.22. The van der Waals surface area contributed by atoms with Gasteiger partial charge >= 0.3 is 0 Å². The van der Waals surface area contributed by atoms with Crippen LogP contribution in [0.3, 0.4) is 0 Å². The van der Waals surface area contributed by atoms with Crippen LogP contribution >= 0.6 is 0 Å². The lowest BCUT2D eigenvalue weighted by Crippen LogP contribution is -2.16. The fourth-order valence-electron chi connectivity index (χ4n) is 2.00. The summed E-state index contributed by atoms with van der Waals surface area (Å²) in [5, 5.41) is 12.3. The second kappa shape index (κ2) is 6.45. The summed E-state index contributed by atoms with van der Waals surface area (Å²) in [7, 11) is 0. The number of nitrogens with one attached hydrogen (secondary N) is 1. The molecule has 0 aromatic heterocycles. The molecule has 0 spiro atoms. The number of hydrogen-bond donors (Lipinski definition) is 2. The number of anilines is 1. The van der Waals surface area contributed by atoms with Gasteiger partial charge in [-0.15, -0.1) is 0 Å². The minimum atomic E-state index is -0.982. The Bertz CT molecular complexity index is 656. The molecule has 2 rings (SSSR count). The summed E-state index contributed by atoms with van der Waals surface area (Å²) in [6.45, 7) is 1.60. The van der Waals surface area contributed by atoms with Crippen LogP contribution < -0.4 is 5.32 Å². The van der Waals surface area contributed by atoms with Crippen LogP contribution in [0.15, 0.2) is 42.5 Å². The van der Waals surface area contributed by atoms with Gasteiger partial charge in [0.15, 0.2) is 11.6 Å². The molecule has 5 heteroatoms. The first kappa shape index (κ1) is 15.1. The van der Waals surface area contributed by atoms with E-state index < -0.39 is 17.7 Å². The quantitative estimate of drug-likeness (QED) is 0.909. The van der Waals surface area contributed by atoms with Gasteiger partial charge in [0.05, 0.1) is 12.5 Å². The van der Waals surface area contributed by atoms with E-state index in [0.29, 0.717) is 16.8 Å². The third kappa shape index (κ3) is 3.86. The predicted octanol–water partition coefficient (Wildman–Crippen LogP) is 3.20. The van der Waals surface area contributed by atoms with Crippen molar-refractivity contribution in [2.45, 2.75) is 19.4 Å². The van der Waals surface area contributed by atoms with Crippen molar-refractivity contribution >= 4 is 11.6 Å². The molecular weight excluding hydrogens is 276 g/mol. The Kier molecular flexibility index (Phi) is 4.65. The Balaban J connectivity index is 2.10. The van der Waals surface area contributed by atoms with Crippen molar-refractivity contribution in [3.05, 3.63) is 65.2 Å². The van der Waals surface area contributed by atoms with Gasteiger partial charge in [0.25, 0.3) is 0 Å². The van der Waals surface area contributed by atoms with Crippen LogP contribution in [0.4, 0.5) is 14.5 Å². The zero-order valence-corrected chi connectivity index (χ0v) is 11.4. The highest BCUT2D eigenvalue weighted by atomic mass is 19.2. The average Bonchev–Trinajstić information content (AvgIpc) is 2.43. The molecule has 2 aromatic carbocycles. The van der Waals surface area contributed by atoms with Gasteiger partial charge in [-0.3, -0.25) is 4.79 Å². The molecule has 0 saturated carbocycles. The maximum Gasteiger partial charge on any atom is 0.228 e. The summed E-state index contributed by atoms with van der Waals surface area (Å²) in [6, 6.07) is 10.2. The van der Waals surface area contributed by atoms with Crippen LogP contribution in [-0.2, 0) is 11.2 Å². The van der Waals surface area contributed by atoms with Crippen LogP contribution in [0.1, 0.15) is 24.2 Å². The lowest BCUT2D eigenvalue weighted by atomic mass is 10.1. The molecule has 110 valence electrons. The first-order valence-corrected chi connectivity index (χ1v) is 6.48. The van der Waals surface area contributed by atoms with E-state index in [0.717, 1.165) is 12.1 Å². The molecule has 0 saturated heterocycles. The lowest BCUT2D eigenvalue weighted by Gasteiger charge is -2.13. The number of amides is 1. The van der Waals surface area contributed by atoms with Crippen LogP contribution in [0, 0.1) is 11.6 Å². The first-order chi connectivity index (χ1) is 9.97. The molecule has 0 heterocycles. The van der Waals surface area contributed by atoms with Crippen LogP contribution in [0.5, 0.6) is 0 Å². The monoisotopic (exact) mass is 291 g/mol. The van der Waals surface area contributed by atoms with Crippen LogP contribution in [0.25, 0.3) is 0 Å². The molecule has 21 heavy (non-hydrogen) atoms. The topological polar surface area (TPSA) is 49.3 Å². The Morgan fingerprint density at radius 1 is 1.19 bits per heavy atom. The van der Waals surface area contributed by atoms with E-state index in [-0.39, 0.29) is 12.3 Å². The fourth-order valence-corrected chi connectivity index (χ4v) is 2.00. The van der Waals surface area contributed by atoms with E-state index in [9.17, 15) is 18.7 Å². The number of hydrogen-bond acceptors (Lipinski definition) is 2. The Morgan fingerprint density at radius 3 is 2.57 bits per heavy atom. The molecule has 0 aliphatic carbocycles. The molecule has 2 aromatic rings. The van der Waals surface area contributed by atoms with E-state index in [1.807, 2.05) is 0 Å². The zero-order chi connectivity index (χ0) is 15.4. The van der Waals surface area contributed by atoms with Gasteiger partial charge in [-0.05, 0) is 30.7 Å². The van der Waals surface area contributed by atoms with Crippen molar-refractivity contribution in [3.8, 4) is 0 Å². The molecule has 0 radical (unpaired) electrons. The molecule has 0 aliphatic heterocycles. The van der Waals surface area contributed by atoms with Gasteiger partial charge < -0.3 is 10.4 Å². The highest BCUT2D eigenvalue weighted by molar-refractivity contribution is 5.93. The minimum absolute atomic E-state index is 0.0780. The van der Waals surface area contributed by atoms with E-state index >= 15 is 0 Å². The summed E-state index contributed by atoms with van der Waals surface area (Å²) in [6.07, 6.45) is -0.796. The molecule has 0 bridgehead atoms. The molecule has 1 atom stereocenters. The number of aliphatic hydroxyl groups is 1. The number of halogens is 2. The summed E-state index contributed by atoms with van der Waals surface area (Å²) >= 11 is 0. The van der Waals surface area contributed by atoms with Crippen molar-refractivity contribution in [2.75, 3.05) is 5.32 Å². The van der Waals surface area contributed by atoms with Gasteiger partial charge in [-0.2, -0.15) is 0 Å². The molecular formula is C16H15F2NO2. The second-order valence-corrected chi connectivity index (χ2v) is 4.74. The zero-order valence-electron chi connectivity index (χ0n) is 11.4. The first-order valence-electron chi connectivity index (χ1n) is 6.48. The van der Waals surface area contributed by atoms with E-state index in [4.69, 9.17) is 0 Å². The summed E-state index contributed by atoms with van der Waals surface area (Å²) in [5.41, 5.74) is 1.47. The van der Waals surface area contributed by atoms with Crippen molar-refractivity contribution in [1.29, 1.82) is 0 Å². The number of aliphatic hydroxyl groups excluding tert-OH is 1. The largest absolute Gasteiger partial charge is 0.389 e. The molecule has 0 aliphatic rings. The van der Waals surface area contributed by atoms with Crippen LogP contribution in [-0.4, -0.2) is 11.0 Å². The lowest BCUT2D eigenvalue weighted by molar-refractivity contribution is -0.115. The fraction of sp³-hybridized carbons (Fsp3) is 0.188. The van der Waals surface area contributed by atoms with Crippen molar-refractivity contribution in [1.82, 2.24) is 0 Å². The number of rotatable bonds is 4. The molecule has 1 amide bonds. The molecule has 2 N–H and O–H groups in total. The normalized spacial score (nSPS) is 12.0. The summed E-state index contributed by atoms with van der Waals surface area (Å²) < 4.78 is 25.9. The van der Waals surface area contributed by atoms with Gasteiger partial charge in [0.2, 0.25) is 5.91 Å². The van der Waals surface area contributed by atoms with Gasteiger partial charge in [-0.1, -0.05) is 24.3 Å². The third-order valence-electron chi connectivity index (χ3n) is 3.03. The average molecular weight is 291 g/mol. The van der Waals surface area contributed by atoms with Crippen molar-refractivity contribution < 1.29 is 18.7 Å². The Morgan fingerprint density at radius 2 is 1.90 bits per heavy atom. The Hall–Kier alpha value is -2.27. The van der Waals surface area contributed by atoms with Gasteiger partial charge in [0, 0.05) is 11.3 Å². The van der Waals surface area contributed by atoms with E-state index in [2.05, 4.69) is 5.32 Å². The number of para-hydroxylation sites is 1. The molecule has 3 nitrogen and oxygen atoms in total. The van der Waals surface area contributed by atoms with Crippen molar-refractivity contribution in [3.63, 3.8) is 0 Å². The molecule has 0 fully saturated rings. The number of carbonyl (C=O) groups is 1. The summed E-state index contributed by atoms with van der Waals surface area (Å²) in [4.78, 5) is 11.9. The maximum atomic E-state index is 13.1. The number of benzene rings is 2. The van der Waals surface area contributed by atoms with Crippen molar-refractivity contribution in [2.24, 2.45) is 0 Å². The smallest absolute Gasteiger partial charge is 0.228 e. The minimum Gasteiger partial charge on any atom is -0.389 e. The van der Waals surface area contributed by atoms with E-state index in [1.54, 1.807) is 31.2 Å². The maximum absolute atomic E-state index is 13.1. The second-order valence-electron chi connectivity index (χ2n) is 4.74. The third-order valence-corrected chi connectivity index (χ3v) is 3.03. The summed E-state index contributed by atoms with van der Waals surface area (Å²) in [5.74, 6) is -2.29. The van der Waals surface area contributed by atoms with Crippen LogP contribution in [0.2, 0.25) is 0 Å².